The number of aromatic nitrogens is 4. The normalized spacial score (nSPS) is 10.8. The number of rotatable bonds is 7. The van der Waals surface area contributed by atoms with Crippen LogP contribution in [0.4, 0.5) is 0 Å². The third kappa shape index (κ3) is 3.78. The highest BCUT2D eigenvalue weighted by molar-refractivity contribution is 5.61. The Hall–Kier alpha value is -2.73. The Morgan fingerprint density at radius 1 is 1.08 bits per heavy atom. The maximum atomic E-state index is 5.56. The van der Waals surface area contributed by atoms with Gasteiger partial charge in [0.05, 0.1) is 12.3 Å². The lowest BCUT2D eigenvalue weighted by Crippen LogP contribution is -2.14. The van der Waals surface area contributed by atoms with Gasteiger partial charge in [0.15, 0.2) is 0 Å². The maximum Gasteiger partial charge on any atom is 0.217 e. The summed E-state index contributed by atoms with van der Waals surface area (Å²) in [4.78, 5) is 8.34. The van der Waals surface area contributed by atoms with Crippen LogP contribution in [0.3, 0.4) is 0 Å². The van der Waals surface area contributed by atoms with Crippen molar-refractivity contribution in [2.45, 2.75) is 20.0 Å². The van der Waals surface area contributed by atoms with E-state index in [-0.39, 0.29) is 0 Å². The van der Waals surface area contributed by atoms with Gasteiger partial charge in [0.25, 0.3) is 0 Å². The molecule has 0 bridgehead atoms. The molecule has 0 aromatic carbocycles. The molecule has 3 rings (SSSR count). The van der Waals surface area contributed by atoms with Crippen molar-refractivity contribution in [3.05, 3.63) is 60.2 Å². The average molecular weight is 323 g/mol. The van der Waals surface area contributed by atoms with Gasteiger partial charge in [0.1, 0.15) is 0 Å². The molecule has 0 unspecified atom stereocenters. The Morgan fingerprint density at radius 2 is 1.88 bits per heavy atom. The minimum absolute atomic E-state index is 0.610. The van der Waals surface area contributed by atoms with Gasteiger partial charge in [-0.15, -0.1) is 0 Å². The number of aryl methyl sites for hydroxylation is 1. The minimum Gasteiger partial charge on any atom is -0.478 e. The van der Waals surface area contributed by atoms with E-state index in [1.165, 1.54) is 0 Å². The van der Waals surface area contributed by atoms with Gasteiger partial charge in [-0.25, -0.2) is 4.98 Å². The molecule has 0 aliphatic heterocycles. The van der Waals surface area contributed by atoms with Gasteiger partial charge in [-0.05, 0) is 25.1 Å². The zero-order chi connectivity index (χ0) is 16.8. The molecule has 6 nitrogen and oxygen atoms in total. The fourth-order valence-corrected chi connectivity index (χ4v) is 2.58. The second kappa shape index (κ2) is 7.70. The van der Waals surface area contributed by atoms with Crippen LogP contribution < -0.4 is 10.1 Å². The molecule has 0 amide bonds. The van der Waals surface area contributed by atoms with E-state index in [2.05, 4.69) is 20.4 Å². The highest BCUT2D eigenvalue weighted by Crippen LogP contribution is 2.21. The molecular weight excluding hydrogens is 302 g/mol. The molecule has 0 spiro atoms. The average Bonchev–Trinajstić information content (AvgIpc) is 2.98. The molecule has 3 aromatic rings. The van der Waals surface area contributed by atoms with Gasteiger partial charge < -0.3 is 10.1 Å². The summed E-state index contributed by atoms with van der Waals surface area (Å²) >= 11 is 0. The summed E-state index contributed by atoms with van der Waals surface area (Å²) < 4.78 is 7.40. The van der Waals surface area contributed by atoms with Crippen LogP contribution in [0, 0.1) is 0 Å². The minimum atomic E-state index is 0.610. The lowest BCUT2D eigenvalue weighted by Gasteiger charge is -2.09. The van der Waals surface area contributed by atoms with Crippen LogP contribution in [0.25, 0.3) is 11.3 Å². The van der Waals surface area contributed by atoms with Crippen LogP contribution in [0.1, 0.15) is 18.1 Å². The molecular formula is C18H21N5O. The molecule has 0 atom stereocenters. The van der Waals surface area contributed by atoms with E-state index in [1.54, 1.807) is 18.6 Å². The molecule has 0 saturated heterocycles. The van der Waals surface area contributed by atoms with Crippen molar-refractivity contribution in [3.63, 3.8) is 0 Å². The number of ether oxygens (including phenoxy) is 1. The van der Waals surface area contributed by atoms with Crippen LogP contribution in [0.2, 0.25) is 0 Å². The third-order valence-electron chi connectivity index (χ3n) is 3.62. The predicted octanol–water partition coefficient (Wildman–Crippen LogP) is 2.57. The quantitative estimate of drug-likeness (QED) is 0.724. The second-order valence-corrected chi connectivity index (χ2v) is 5.42. The Balaban J connectivity index is 1.70. The van der Waals surface area contributed by atoms with E-state index in [0.29, 0.717) is 25.6 Å². The molecule has 0 fully saturated rings. The van der Waals surface area contributed by atoms with Crippen molar-refractivity contribution in [2.75, 3.05) is 6.61 Å². The van der Waals surface area contributed by atoms with E-state index < -0.39 is 0 Å². The van der Waals surface area contributed by atoms with E-state index in [1.807, 2.05) is 49.1 Å². The lowest BCUT2D eigenvalue weighted by atomic mass is 10.1. The van der Waals surface area contributed by atoms with Crippen molar-refractivity contribution in [1.29, 1.82) is 0 Å². The van der Waals surface area contributed by atoms with Crippen molar-refractivity contribution < 1.29 is 4.74 Å². The number of hydrogen-bond acceptors (Lipinski definition) is 5. The molecule has 1 N–H and O–H groups in total. The predicted molar refractivity (Wildman–Crippen MR) is 92.4 cm³/mol. The molecule has 0 aliphatic rings. The fraction of sp³-hybridized carbons (Fsp3) is 0.278. The molecule has 0 radical (unpaired) electrons. The number of hydrogen-bond donors (Lipinski definition) is 1. The Morgan fingerprint density at radius 3 is 2.67 bits per heavy atom. The summed E-state index contributed by atoms with van der Waals surface area (Å²) in [5.41, 5.74) is 4.24. The van der Waals surface area contributed by atoms with E-state index in [9.17, 15) is 0 Å². The fourth-order valence-electron chi connectivity index (χ4n) is 2.58. The largest absolute Gasteiger partial charge is 0.478 e. The van der Waals surface area contributed by atoms with Gasteiger partial charge in [0.2, 0.25) is 5.88 Å². The number of nitrogens with one attached hydrogen (secondary N) is 1. The highest BCUT2D eigenvalue weighted by atomic mass is 16.5. The molecule has 124 valence electrons. The van der Waals surface area contributed by atoms with Crippen LogP contribution in [0.15, 0.2) is 49.1 Å². The lowest BCUT2D eigenvalue weighted by molar-refractivity contribution is 0.322. The first-order valence-corrected chi connectivity index (χ1v) is 7.98. The molecule has 6 heteroatoms. The molecule has 3 aromatic heterocycles. The highest BCUT2D eigenvalue weighted by Gasteiger charge is 2.10. The van der Waals surface area contributed by atoms with Crippen molar-refractivity contribution in [2.24, 2.45) is 7.05 Å². The Labute approximate surface area is 141 Å². The first-order valence-electron chi connectivity index (χ1n) is 7.98. The van der Waals surface area contributed by atoms with Gasteiger partial charge in [0, 0.05) is 61.6 Å². The monoisotopic (exact) mass is 323 g/mol. The first kappa shape index (κ1) is 16.1. The summed E-state index contributed by atoms with van der Waals surface area (Å²) in [6.45, 7) is 3.97. The van der Waals surface area contributed by atoms with E-state index >= 15 is 0 Å². The first-order chi connectivity index (χ1) is 11.8. The van der Waals surface area contributed by atoms with Crippen molar-refractivity contribution >= 4 is 0 Å². The van der Waals surface area contributed by atoms with Gasteiger partial charge >= 0.3 is 0 Å². The zero-order valence-electron chi connectivity index (χ0n) is 13.9. The van der Waals surface area contributed by atoms with Gasteiger partial charge in [-0.3, -0.25) is 9.67 Å². The van der Waals surface area contributed by atoms with Crippen molar-refractivity contribution in [1.82, 2.24) is 25.1 Å². The zero-order valence-corrected chi connectivity index (χ0v) is 13.9. The van der Waals surface area contributed by atoms with Crippen LogP contribution in [0.5, 0.6) is 5.88 Å². The molecule has 3 heterocycles. The van der Waals surface area contributed by atoms with Gasteiger partial charge in [-0.1, -0.05) is 6.07 Å². The summed E-state index contributed by atoms with van der Waals surface area (Å²) in [6.07, 6.45) is 7.35. The van der Waals surface area contributed by atoms with Crippen LogP contribution in [-0.4, -0.2) is 26.4 Å². The number of nitrogens with zero attached hydrogens (tertiary/aromatic N) is 4. The number of pyridine rings is 2. The van der Waals surface area contributed by atoms with Gasteiger partial charge in [-0.2, -0.15) is 5.10 Å². The molecule has 0 saturated carbocycles. The topological polar surface area (TPSA) is 64.9 Å². The standard InChI is InChI=1S/C18H21N5O/c1-3-24-18-15(5-4-8-21-18)11-20-12-16-13-23(2)22-17(16)14-6-9-19-10-7-14/h4-10,13,20H,3,11-12H2,1-2H3. The Bertz CT molecular complexity index is 785. The Kier molecular flexibility index (Phi) is 5.18. The summed E-state index contributed by atoms with van der Waals surface area (Å²) in [6, 6.07) is 7.89. The second-order valence-electron chi connectivity index (χ2n) is 5.42. The van der Waals surface area contributed by atoms with Crippen LogP contribution >= 0.6 is 0 Å². The van der Waals surface area contributed by atoms with Crippen molar-refractivity contribution in [3.8, 4) is 17.1 Å². The summed E-state index contributed by atoms with van der Waals surface area (Å²) in [7, 11) is 1.93. The van der Waals surface area contributed by atoms with E-state index in [0.717, 1.165) is 22.4 Å². The SMILES string of the molecule is CCOc1ncccc1CNCc1cn(C)nc1-c1ccncc1. The third-order valence-corrected chi connectivity index (χ3v) is 3.62. The van der Waals surface area contributed by atoms with E-state index in [4.69, 9.17) is 4.74 Å². The summed E-state index contributed by atoms with van der Waals surface area (Å²) in [5.74, 6) is 0.688. The van der Waals surface area contributed by atoms with Crippen LogP contribution in [-0.2, 0) is 20.1 Å². The molecule has 24 heavy (non-hydrogen) atoms. The maximum absolute atomic E-state index is 5.56. The smallest absolute Gasteiger partial charge is 0.217 e. The summed E-state index contributed by atoms with van der Waals surface area (Å²) in [5, 5.41) is 8.02. The molecule has 0 aliphatic carbocycles.